The van der Waals surface area contributed by atoms with E-state index in [1.807, 2.05) is 31.3 Å². The Morgan fingerprint density at radius 3 is 2.68 bits per heavy atom. The highest BCUT2D eigenvalue weighted by Crippen LogP contribution is 2.38. The molecule has 1 aromatic heterocycles. The second-order valence-electron chi connectivity index (χ2n) is 6.43. The minimum atomic E-state index is -0.0286. The molecule has 5 nitrogen and oxygen atoms in total. The highest BCUT2D eigenvalue weighted by atomic mass is 16.6. The first kappa shape index (κ1) is 14.6. The number of hydrogen-bond donors (Lipinski definition) is 1. The zero-order valence-electron chi connectivity index (χ0n) is 13.4. The van der Waals surface area contributed by atoms with E-state index in [0.29, 0.717) is 19.2 Å². The number of fused-ring (bicyclic) bond motifs is 1. The monoisotopic (exact) mass is 299 g/mol. The van der Waals surface area contributed by atoms with Gasteiger partial charge in [0.25, 0.3) is 0 Å². The van der Waals surface area contributed by atoms with Gasteiger partial charge in [-0.25, -0.2) is 9.97 Å². The Hall–Kier alpha value is -2.30. The summed E-state index contributed by atoms with van der Waals surface area (Å²) in [5, 5.41) is 3.24. The Labute approximate surface area is 130 Å². The molecule has 0 bridgehead atoms. The second-order valence-corrected chi connectivity index (χ2v) is 6.43. The summed E-state index contributed by atoms with van der Waals surface area (Å²) in [4.78, 5) is 9.05. The molecular weight excluding hydrogens is 278 g/mol. The van der Waals surface area contributed by atoms with Gasteiger partial charge in [-0.2, -0.15) is 0 Å². The number of aryl methyl sites for hydroxylation is 1. The number of para-hydroxylation sites is 1. The topological polar surface area (TPSA) is 56.3 Å². The molecule has 0 saturated carbocycles. The minimum Gasteiger partial charge on any atom is -0.486 e. The highest BCUT2D eigenvalue weighted by Gasteiger charge is 2.20. The SMILES string of the molecule is Cc1cnc(Nc2cccc3c2OCCO3)nc1C(C)(C)C. The third kappa shape index (κ3) is 2.84. The van der Waals surface area contributed by atoms with Crippen LogP contribution in [0.15, 0.2) is 24.4 Å². The van der Waals surface area contributed by atoms with Gasteiger partial charge in [0.15, 0.2) is 11.5 Å². The molecule has 0 fully saturated rings. The third-order valence-electron chi connectivity index (χ3n) is 3.49. The van der Waals surface area contributed by atoms with Gasteiger partial charge in [0.2, 0.25) is 5.95 Å². The molecule has 1 aliphatic rings. The fourth-order valence-corrected chi connectivity index (χ4v) is 2.55. The average molecular weight is 299 g/mol. The molecule has 0 aliphatic carbocycles. The number of aromatic nitrogens is 2. The first-order valence-corrected chi connectivity index (χ1v) is 7.45. The van der Waals surface area contributed by atoms with Gasteiger partial charge in [0.1, 0.15) is 13.2 Å². The zero-order valence-corrected chi connectivity index (χ0v) is 13.4. The summed E-state index contributed by atoms with van der Waals surface area (Å²) in [6.07, 6.45) is 1.85. The molecule has 0 amide bonds. The number of hydrogen-bond acceptors (Lipinski definition) is 5. The Balaban J connectivity index is 1.94. The third-order valence-corrected chi connectivity index (χ3v) is 3.49. The van der Waals surface area contributed by atoms with Crippen LogP contribution < -0.4 is 14.8 Å². The molecule has 3 rings (SSSR count). The van der Waals surface area contributed by atoms with Crippen LogP contribution in [-0.4, -0.2) is 23.2 Å². The fourth-order valence-electron chi connectivity index (χ4n) is 2.55. The van der Waals surface area contributed by atoms with Gasteiger partial charge in [-0.05, 0) is 24.6 Å². The van der Waals surface area contributed by atoms with Crippen LogP contribution in [-0.2, 0) is 5.41 Å². The van der Waals surface area contributed by atoms with E-state index in [1.165, 1.54) is 0 Å². The molecule has 0 radical (unpaired) electrons. The molecule has 1 aromatic carbocycles. The lowest BCUT2D eigenvalue weighted by Gasteiger charge is -2.22. The van der Waals surface area contributed by atoms with Crippen molar-refractivity contribution in [2.75, 3.05) is 18.5 Å². The van der Waals surface area contributed by atoms with Crippen molar-refractivity contribution in [3.63, 3.8) is 0 Å². The summed E-state index contributed by atoms with van der Waals surface area (Å²) in [5.41, 5.74) is 2.92. The average Bonchev–Trinajstić information content (AvgIpc) is 2.48. The molecule has 0 unspecified atom stereocenters. The molecule has 0 saturated heterocycles. The summed E-state index contributed by atoms with van der Waals surface area (Å²) in [5.74, 6) is 2.03. The van der Waals surface area contributed by atoms with Crippen LogP contribution in [0.1, 0.15) is 32.0 Å². The van der Waals surface area contributed by atoms with Gasteiger partial charge in [-0.1, -0.05) is 26.8 Å². The summed E-state index contributed by atoms with van der Waals surface area (Å²) in [6.45, 7) is 9.60. The molecule has 2 heterocycles. The van der Waals surface area contributed by atoms with Crippen molar-refractivity contribution in [2.24, 2.45) is 0 Å². The maximum absolute atomic E-state index is 5.70. The fraction of sp³-hybridized carbons (Fsp3) is 0.412. The lowest BCUT2D eigenvalue weighted by Crippen LogP contribution is -2.18. The van der Waals surface area contributed by atoms with Crippen molar-refractivity contribution in [3.05, 3.63) is 35.7 Å². The van der Waals surface area contributed by atoms with E-state index in [4.69, 9.17) is 9.47 Å². The predicted octanol–water partition coefficient (Wildman–Crippen LogP) is 3.60. The summed E-state index contributed by atoms with van der Waals surface area (Å²) >= 11 is 0. The van der Waals surface area contributed by atoms with Crippen LogP contribution in [0, 0.1) is 6.92 Å². The van der Waals surface area contributed by atoms with E-state index in [1.54, 1.807) is 0 Å². The van der Waals surface area contributed by atoms with Crippen molar-refractivity contribution < 1.29 is 9.47 Å². The number of rotatable bonds is 2. The number of ether oxygens (including phenoxy) is 2. The van der Waals surface area contributed by atoms with Crippen LogP contribution in [0.5, 0.6) is 11.5 Å². The summed E-state index contributed by atoms with van der Waals surface area (Å²) < 4.78 is 11.3. The van der Waals surface area contributed by atoms with Crippen molar-refractivity contribution in [2.45, 2.75) is 33.1 Å². The molecule has 5 heteroatoms. The van der Waals surface area contributed by atoms with Gasteiger partial charge in [0, 0.05) is 11.6 Å². The normalized spacial score (nSPS) is 13.8. The molecule has 0 spiro atoms. The van der Waals surface area contributed by atoms with Crippen molar-refractivity contribution in [1.29, 1.82) is 0 Å². The Morgan fingerprint density at radius 2 is 1.91 bits per heavy atom. The number of anilines is 2. The number of nitrogens with one attached hydrogen (secondary N) is 1. The standard InChI is InChI=1S/C17H21N3O2/c1-11-10-18-16(20-15(11)17(2,3)4)19-12-6-5-7-13-14(12)22-9-8-21-13/h5-7,10H,8-9H2,1-4H3,(H,18,19,20). The van der Waals surface area contributed by atoms with E-state index >= 15 is 0 Å². The molecule has 116 valence electrons. The summed E-state index contributed by atoms with van der Waals surface area (Å²) in [6, 6.07) is 5.76. The predicted molar refractivity (Wildman–Crippen MR) is 86.2 cm³/mol. The maximum atomic E-state index is 5.70. The highest BCUT2D eigenvalue weighted by molar-refractivity contribution is 5.67. The molecule has 1 N–H and O–H groups in total. The molecule has 1 aliphatic heterocycles. The van der Waals surface area contributed by atoms with Gasteiger partial charge in [-0.15, -0.1) is 0 Å². The van der Waals surface area contributed by atoms with Crippen LogP contribution in [0.2, 0.25) is 0 Å². The van der Waals surface area contributed by atoms with Gasteiger partial charge >= 0.3 is 0 Å². The van der Waals surface area contributed by atoms with E-state index in [9.17, 15) is 0 Å². The Kier molecular flexibility index (Phi) is 3.64. The van der Waals surface area contributed by atoms with Crippen LogP contribution in [0.25, 0.3) is 0 Å². The van der Waals surface area contributed by atoms with Gasteiger partial charge < -0.3 is 14.8 Å². The smallest absolute Gasteiger partial charge is 0.227 e. The largest absolute Gasteiger partial charge is 0.486 e. The first-order valence-electron chi connectivity index (χ1n) is 7.45. The van der Waals surface area contributed by atoms with Crippen molar-refractivity contribution in [1.82, 2.24) is 9.97 Å². The van der Waals surface area contributed by atoms with E-state index < -0.39 is 0 Å². The van der Waals surface area contributed by atoms with Gasteiger partial charge in [0.05, 0.1) is 11.4 Å². The van der Waals surface area contributed by atoms with Crippen LogP contribution in [0.4, 0.5) is 11.6 Å². The van der Waals surface area contributed by atoms with Crippen molar-refractivity contribution in [3.8, 4) is 11.5 Å². The first-order chi connectivity index (χ1) is 10.4. The van der Waals surface area contributed by atoms with Crippen molar-refractivity contribution >= 4 is 11.6 Å². The quantitative estimate of drug-likeness (QED) is 0.918. The summed E-state index contributed by atoms with van der Waals surface area (Å²) in [7, 11) is 0. The van der Waals surface area contributed by atoms with Crippen LogP contribution >= 0.6 is 0 Å². The molecule has 22 heavy (non-hydrogen) atoms. The minimum absolute atomic E-state index is 0.0286. The Bertz CT molecular complexity index is 693. The number of nitrogens with zero attached hydrogens (tertiary/aromatic N) is 2. The zero-order chi connectivity index (χ0) is 15.7. The van der Waals surface area contributed by atoms with E-state index in [2.05, 4.69) is 36.1 Å². The lowest BCUT2D eigenvalue weighted by atomic mass is 9.89. The maximum Gasteiger partial charge on any atom is 0.227 e. The van der Waals surface area contributed by atoms with E-state index in [-0.39, 0.29) is 5.41 Å². The van der Waals surface area contributed by atoms with E-state index in [0.717, 1.165) is 28.4 Å². The van der Waals surface area contributed by atoms with Crippen LogP contribution in [0.3, 0.4) is 0 Å². The second kappa shape index (κ2) is 5.48. The number of benzene rings is 1. The van der Waals surface area contributed by atoms with Gasteiger partial charge in [-0.3, -0.25) is 0 Å². The lowest BCUT2D eigenvalue weighted by molar-refractivity contribution is 0.172. The molecule has 2 aromatic rings. The Morgan fingerprint density at radius 1 is 1.14 bits per heavy atom. The molecule has 0 atom stereocenters. The molecular formula is C17H21N3O2.